The van der Waals surface area contributed by atoms with Gasteiger partial charge in [0, 0.05) is 11.4 Å². The summed E-state index contributed by atoms with van der Waals surface area (Å²) in [5.74, 6) is 0.387. The molecule has 1 N–H and O–H groups in total. The summed E-state index contributed by atoms with van der Waals surface area (Å²) in [6, 6.07) is 15.4. The number of rotatable bonds is 6. The summed E-state index contributed by atoms with van der Waals surface area (Å²) in [5, 5.41) is 12.8. The van der Waals surface area contributed by atoms with E-state index in [1.165, 1.54) is 16.9 Å². The molecule has 0 saturated heterocycles. The lowest BCUT2D eigenvalue weighted by molar-refractivity contribution is -0.118. The van der Waals surface area contributed by atoms with Gasteiger partial charge in [-0.1, -0.05) is 68.0 Å². The predicted molar refractivity (Wildman–Crippen MR) is 113 cm³/mol. The number of halogens is 1. The molecule has 1 heterocycles. The lowest BCUT2D eigenvalue weighted by Crippen LogP contribution is -2.20. The first-order valence-electron chi connectivity index (χ1n) is 8.89. The van der Waals surface area contributed by atoms with E-state index in [1.54, 1.807) is 0 Å². The quantitative estimate of drug-likeness (QED) is 0.608. The van der Waals surface area contributed by atoms with Crippen molar-refractivity contribution in [2.75, 3.05) is 11.9 Å². The maximum atomic E-state index is 12.1. The molecule has 0 aliphatic heterocycles. The molecule has 0 fully saturated rings. The number of amides is 1. The zero-order valence-corrected chi connectivity index (χ0v) is 17.6. The number of anilines is 1. The van der Waals surface area contributed by atoms with Gasteiger partial charge in [-0.05, 0) is 40.8 Å². The van der Waals surface area contributed by atoms with E-state index in [1.807, 2.05) is 48.5 Å². The topological polar surface area (TPSA) is 64.1 Å². The largest absolute Gasteiger partial charge is 0.484 e. The molecule has 5 nitrogen and oxygen atoms in total. The average Bonchev–Trinajstić information content (AvgIpc) is 3.08. The predicted octanol–water partition coefficient (Wildman–Crippen LogP) is 5.10. The molecule has 0 saturated carbocycles. The Morgan fingerprint density at radius 3 is 2.39 bits per heavy atom. The van der Waals surface area contributed by atoms with Crippen molar-refractivity contribution in [3.63, 3.8) is 0 Å². The monoisotopic (exact) mass is 415 g/mol. The van der Waals surface area contributed by atoms with Gasteiger partial charge >= 0.3 is 0 Å². The van der Waals surface area contributed by atoms with Crippen LogP contribution in [0.2, 0.25) is 5.02 Å². The Morgan fingerprint density at radius 1 is 1.07 bits per heavy atom. The van der Waals surface area contributed by atoms with Crippen LogP contribution in [-0.4, -0.2) is 22.7 Å². The van der Waals surface area contributed by atoms with Crippen LogP contribution in [0, 0.1) is 0 Å². The highest BCUT2D eigenvalue weighted by Gasteiger charge is 2.14. The first-order valence-corrected chi connectivity index (χ1v) is 10.1. The smallest absolute Gasteiger partial charge is 0.264 e. The highest BCUT2D eigenvalue weighted by molar-refractivity contribution is 7.15. The molecule has 146 valence electrons. The molecule has 2 aromatic carbocycles. The zero-order valence-electron chi connectivity index (χ0n) is 16.0. The van der Waals surface area contributed by atoms with Crippen LogP contribution in [0.25, 0.3) is 0 Å². The number of aromatic nitrogens is 2. The van der Waals surface area contributed by atoms with Crippen molar-refractivity contribution in [1.82, 2.24) is 10.2 Å². The molecular formula is C21H22ClN3O2S. The van der Waals surface area contributed by atoms with E-state index in [0.717, 1.165) is 10.6 Å². The Morgan fingerprint density at radius 2 is 1.75 bits per heavy atom. The molecular weight excluding hydrogens is 394 g/mol. The Labute approximate surface area is 173 Å². The number of nitrogens with one attached hydrogen (secondary N) is 1. The second-order valence-electron chi connectivity index (χ2n) is 7.42. The van der Waals surface area contributed by atoms with E-state index < -0.39 is 0 Å². The zero-order chi connectivity index (χ0) is 20.1. The molecule has 0 radical (unpaired) electrons. The number of hydrogen-bond acceptors (Lipinski definition) is 5. The van der Waals surface area contributed by atoms with Gasteiger partial charge in [-0.2, -0.15) is 0 Å². The van der Waals surface area contributed by atoms with Crippen molar-refractivity contribution in [2.24, 2.45) is 0 Å². The molecule has 0 spiro atoms. The Hall–Kier alpha value is -2.44. The number of hydrogen-bond donors (Lipinski definition) is 1. The lowest BCUT2D eigenvalue weighted by atomic mass is 9.87. The summed E-state index contributed by atoms with van der Waals surface area (Å²) in [4.78, 5) is 12.1. The van der Waals surface area contributed by atoms with Crippen molar-refractivity contribution in [3.05, 3.63) is 69.7 Å². The fourth-order valence-corrected chi connectivity index (χ4v) is 3.42. The van der Waals surface area contributed by atoms with Gasteiger partial charge in [-0.15, -0.1) is 10.2 Å². The summed E-state index contributed by atoms with van der Waals surface area (Å²) >= 11 is 7.24. The molecule has 7 heteroatoms. The van der Waals surface area contributed by atoms with Crippen LogP contribution < -0.4 is 10.1 Å². The molecule has 0 aliphatic carbocycles. The van der Waals surface area contributed by atoms with Crippen molar-refractivity contribution in [3.8, 4) is 5.75 Å². The maximum absolute atomic E-state index is 12.1. The van der Waals surface area contributed by atoms with Crippen LogP contribution in [-0.2, 0) is 16.6 Å². The highest BCUT2D eigenvalue weighted by atomic mass is 35.5. The first-order chi connectivity index (χ1) is 13.3. The lowest BCUT2D eigenvalue weighted by Gasteiger charge is -2.19. The molecule has 0 atom stereocenters. The van der Waals surface area contributed by atoms with Gasteiger partial charge in [-0.25, -0.2) is 0 Å². The highest BCUT2D eigenvalue weighted by Crippen LogP contribution is 2.24. The van der Waals surface area contributed by atoms with Crippen LogP contribution in [0.5, 0.6) is 5.75 Å². The van der Waals surface area contributed by atoms with Gasteiger partial charge in [0.25, 0.3) is 5.91 Å². The summed E-state index contributed by atoms with van der Waals surface area (Å²) in [6.07, 6.45) is 0.640. The second-order valence-corrected chi connectivity index (χ2v) is 8.91. The number of carbonyl (C=O) groups is 1. The van der Waals surface area contributed by atoms with E-state index in [9.17, 15) is 4.79 Å². The second kappa shape index (κ2) is 8.71. The minimum atomic E-state index is -0.269. The van der Waals surface area contributed by atoms with E-state index in [2.05, 4.69) is 36.3 Å². The molecule has 1 amide bonds. The molecule has 0 unspecified atom stereocenters. The summed E-state index contributed by atoms with van der Waals surface area (Å²) in [7, 11) is 0. The fraction of sp³-hybridized carbons (Fsp3) is 0.286. The normalized spacial score (nSPS) is 11.3. The average molecular weight is 416 g/mol. The van der Waals surface area contributed by atoms with Crippen molar-refractivity contribution >= 4 is 34.0 Å². The van der Waals surface area contributed by atoms with E-state index >= 15 is 0 Å². The van der Waals surface area contributed by atoms with Gasteiger partial charge < -0.3 is 4.74 Å². The molecule has 0 bridgehead atoms. The molecule has 1 aromatic heterocycles. The Bertz CT molecular complexity index is 932. The SMILES string of the molecule is CC(C)(C)c1ccc(OCC(=O)Nc2nnc(Cc3ccc(Cl)cc3)s2)cc1. The van der Waals surface area contributed by atoms with Crippen LogP contribution in [0.1, 0.15) is 36.9 Å². The first kappa shape index (κ1) is 20.3. The number of carbonyl (C=O) groups excluding carboxylic acids is 1. The third-order valence-electron chi connectivity index (χ3n) is 4.07. The Balaban J connectivity index is 1.50. The molecule has 28 heavy (non-hydrogen) atoms. The maximum Gasteiger partial charge on any atom is 0.264 e. The molecule has 3 aromatic rings. The van der Waals surface area contributed by atoms with E-state index in [4.69, 9.17) is 16.3 Å². The van der Waals surface area contributed by atoms with Crippen LogP contribution in [0.4, 0.5) is 5.13 Å². The van der Waals surface area contributed by atoms with Gasteiger partial charge in [0.15, 0.2) is 6.61 Å². The third kappa shape index (κ3) is 5.78. The van der Waals surface area contributed by atoms with Gasteiger partial charge in [-0.3, -0.25) is 10.1 Å². The number of benzene rings is 2. The summed E-state index contributed by atoms with van der Waals surface area (Å²) < 4.78 is 5.55. The summed E-state index contributed by atoms with van der Waals surface area (Å²) in [6.45, 7) is 6.37. The van der Waals surface area contributed by atoms with E-state index in [-0.39, 0.29) is 17.9 Å². The molecule has 3 rings (SSSR count). The van der Waals surface area contributed by atoms with Crippen LogP contribution in [0.15, 0.2) is 48.5 Å². The molecule has 0 aliphatic rings. The number of ether oxygens (including phenoxy) is 1. The van der Waals surface area contributed by atoms with Crippen molar-refractivity contribution in [2.45, 2.75) is 32.6 Å². The number of nitrogens with zero attached hydrogens (tertiary/aromatic N) is 2. The minimum absolute atomic E-state index is 0.0808. The van der Waals surface area contributed by atoms with Crippen LogP contribution >= 0.6 is 22.9 Å². The standard InChI is InChI=1S/C21H22ClN3O2S/c1-21(2,3)15-6-10-17(11-7-15)27-13-18(26)23-20-25-24-19(28-20)12-14-4-8-16(22)9-5-14/h4-11H,12-13H2,1-3H3,(H,23,25,26). The fourth-order valence-electron chi connectivity index (χ4n) is 2.51. The van der Waals surface area contributed by atoms with Crippen molar-refractivity contribution < 1.29 is 9.53 Å². The van der Waals surface area contributed by atoms with Crippen molar-refractivity contribution in [1.29, 1.82) is 0 Å². The third-order valence-corrected chi connectivity index (χ3v) is 5.16. The van der Waals surface area contributed by atoms with Crippen LogP contribution in [0.3, 0.4) is 0 Å². The van der Waals surface area contributed by atoms with Gasteiger partial charge in [0.05, 0.1) is 0 Å². The van der Waals surface area contributed by atoms with Gasteiger partial charge in [0.1, 0.15) is 10.8 Å². The van der Waals surface area contributed by atoms with E-state index in [0.29, 0.717) is 22.3 Å². The minimum Gasteiger partial charge on any atom is -0.484 e. The summed E-state index contributed by atoms with van der Waals surface area (Å²) in [5.41, 5.74) is 2.38. The Kier molecular flexibility index (Phi) is 6.31. The van der Waals surface area contributed by atoms with Gasteiger partial charge in [0.2, 0.25) is 5.13 Å².